The zero-order chi connectivity index (χ0) is 15.5. The second-order valence-electron chi connectivity index (χ2n) is 5.90. The van der Waals surface area contributed by atoms with E-state index in [9.17, 15) is 0 Å². The van der Waals surface area contributed by atoms with Gasteiger partial charge >= 0.3 is 0 Å². The van der Waals surface area contributed by atoms with Gasteiger partial charge in [0, 0.05) is 24.6 Å². The lowest BCUT2D eigenvalue weighted by atomic mass is 10.1. The molecule has 118 valence electrons. The molecule has 1 atom stereocenters. The molecule has 6 heteroatoms. The average Bonchev–Trinajstić information content (AvgIpc) is 3.33. The Labute approximate surface area is 134 Å². The molecule has 1 unspecified atom stereocenters. The third kappa shape index (κ3) is 3.17. The first-order valence-electron chi connectivity index (χ1n) is 8.01. The molecule has 3 aromatic rings. The van der Waals surface area contributed by atoms with Crippen LogP contribution in [0.25, 0.3) is 11.6 Å². The van der Waals surface area contributed by atoms with Gasteiger partial charge in [-0.3, -0.25) is 5.10 Å². The molecule has 0 amide bonds. The van der Waals surface area contributed by atoms with Crippen molar-refractivity contribution >= 4 is 0 Å². The Balaban J connectivity index is 1.43. The minimum Gasteiger partial charge on any atom is -0.332 e. The van der Waals surface area contributed by atoms with Crippen molar-refractivity contribution in [3.63, 3.8) is 0 Å². The Morgan fingerprint density at radius 3 is 2.91 bits per heavy atom. The zero-order valence-corrected chi connectivity index (χ0v) is 12.8. The Kier molecular flexibility index (Phi) is 3.90. The minimum atomic E-state index is 0.488. The summed E-state index contributed by atoms with van der Waals surface area (Å²) in [5.74, 6) is 1.70. The van der Waals surface area contributed by atoms with E-state index in [0.717, 1.165) is 49.6 Å². The highest BCUT2D eigenvalue weighted by Gasteiger charge is 2.20. The maximum absolute atomic E-state index is 5.36. The summed E-state index contributed by atoms with van der Waals surface area (Å²) in [4.78, 5) is 4.46. The van der Waals surface area contributed by atoms with Crippen LogP contribution < -0.4 is 5.32 Å². The van der Waals surface area contributed by atoms with Gasteiger partial charge in [0.05, 0.1) is 0 Å². The molecule has 0 radical (unpaired) electrons. The number of H-pyrrole nitrogens is 1. The van der Waals surface area contributed by atoms with Crippen LogP contribution in [0.4, 0.5) is 0 Å². The van der Waals surface area contributed by atoms with Crippen LogP contribution in [0, 0.1) is 0 Å². The van der Waals surface area contributed by atoms with E-state index in [0.29, 0.717) is 11.8 Å². The first kappa shape index (κ1) is 14.1. The van der Waals surface area contributed by atoms with Crippen molar-refractivity contribution in [2.24, 2.45) is 0 Å². The van der Waals surface area contributed by atoms with Crippen LogP contribution in [0.2, 0.25) is 0 Å². The van der Waals surface area contributed by atoms with Crippen LogP contribution in [-0.4, -0.2) is 33.4 Å². The van der Waals surface area contributed by atoms with Gasteiger partial charge in [-0.1, -0.05) is 35.5 Å². The lowest BCUT2D eigenvalue weighted by Gasteiger charge is -2.02. The van der Waals surface area contributed by atoms with Gasteiger partial charge in [-0.15, -0.1) is 0 Å². The molecule has 2 aromatic heterocycles. The number of aryl methyl sites for hydroxylation is 2. The van der Waals surface area contributed by atoms with Gasteiger partial charge in [0.1, 0.15) is 0 Å². The summed E-state index contributed by atoms with van der Waals surface area (Å²) in [6, 6.07) is 12.3. The van der Waals surface area contributed by atoms with Crippen molar-refractivity contribution in [1.29, 1.82) is 0 Å². The Hall–Kier alpha value is -2.47. The van der Waals surface area contributed by atoms with E-state index < -0.39 is 0 Å². The van der Waals surface area contributed by atoms with E-state index in [2.05, 4.69) is 37.8 Å². The highest BCUT2D eigenvalue weighted by atomic mass is 16.5. The van der Waals surface area contributed by atoms with Crippen LogP contribution in [0.5, 0.6) is 0 Å². The molecule has 0 aliphatic carbocycles. The van der Waals surface area contributed by atoms with Gasteiger partial charge in [0.15, 0.2) is 11.5 Å². The van der Waals surface area contributed by atoms with E-state index in [-0.39, 0.29) is 0 Å². The predicted octanol–water partition coefficient (Wildman–Crippen LogP) is 2.32. The van der Waals surface area contributed by atoms with Gasteiger partial charge in [-0.05, 0) is 31.0 Å². The number of hydrogen-bond acceptors (Lipinski definition) is 5. The van der Waals surface area contributed by atoms with Gasteiger partial charge < -0.3 is 9.84 Å². The quantitative estimate of drug-likeness (QED) is 0.756. The average molecular weight is 309 g/mol. The fourth-order valence-electron chi connectivity index (χ4n) is 2.94. The van der Waals surface area contributed by atoms with Crippen molar-refractivity contribution in [2.45, 2.75) is 25.2 Å². The van der Waals surface area contributed by atoms with Crippen molar-refractivity contribution in [3.05, 3.63) is 53.5 Å². The number of aromatic nitrogens is 4. The Bertz CT molecular complexity index is 758. The fourth-order valence-corrected chi connectivity index (χ4v) is 2.94. The van der Waals surface area contributed by atoms with Crippen LogP contribution >= 0.6 is 0 Å². The topological polar surface area (TPSA) is 79.6 Å². The molecular weight excluding hydrogens is 290 g/mol. The van der Waals surface area contributed by atoms with Gasteiger partial charge in [0.2, 0.25) is 0 Å². The lowest BCUT2D eigenvalue weighted by molar-refractivity contribution is 0.421. The zero-order valence-electron chi connectivity index (χ0n) is 12.8. The second kappa shape index (κ2) is 6.34. The largest absolute Gasteiger partial charge is 0.332 e. The molecule has 4 rings (SSSR count). The molecule has 1 aliphatic heterocycles. The number of benzene rings is 1. The molecule has 2 N–H and O–H groups in total. The highest BCUT2D eigenvalue weighted by Crippen LogP contribution is 2.24. The molecule has 3 heterocycles. The Morgan fingerprint density at radius 1 is 1.17 bits per heavy atom. The summed E-state index contributed by atoms with van der Waals surface area (Å²) in [6.07, 6.45) is 2.80. The molecule has 0 saturated carbocycles. The standard InChI is InChI=1S/C17H19N5O/c1-2-4-12(5-3-1)6-7-16-19-17(23-22-16)15-10-14(20-21-15)13-8-9-18-11-13/h1-5,10,13,18H,6-9,11H2,(H,20,21). The Morgan fingerprint density at radius 2 is 2.09 bits per heavy atom. The second-order valence-corrected chi connectivity index (χ2v) is 5.90. The van der Waals surface area contributed by atoms with Crippen molar-refractivity contribution in [2.75, 3.05) is 13.1 Å². The molecule has 0 spiro atoms. The van der Waals surface area contributed by atoms with E-state index in [4.69, 9.17) is 4.52 Å². The van der Waals surface area contributed by atoms with E-state index in [1.807, 2.05) is 24.3 Å². The third-order valence-electron chi connectivity index (χ3n) is 4.27. The fraction of sp³-hybridized carbons (Fsp3) is 0.353. The van der Waals surface area contributed by atoms with Crippen LogP contribution in [0.1, 0.15) is 29.4 Å². The molecule has 0 bridgehead atoms. The summed E-state index contributed by atoms with van der Waals surface area (Å²) < 4.78 is 5.36. The monoisotopic (exact) mass is 309 g/mol. The lowest BCUT2D eigenvalue weighted by Crippen LogP contribution is -2.08. The number of nitrogens with one attached hydrogen (secondary N) is 2. The van der Waals surface area contributed by atoms with Gasteiger partial charge in [0.25, 0.3) is 5.89 Å². The van der Waals surface area contributed by atoms with Crippen LogP contribution in [-0.2, 0) is 12.8 Å². The minimum absolute atomic E-state index is 0.488. The molecular formula is C17H19N5O. The molecule has 1 fully saturated rings. The summed E-state index contributed by atoms with van der Waals surface area (Å²) >= 11 is 0. The first-order valence-corrected chi connectivity index (χ1v) is 8.01. The molecule has 23 heavy (non-hydrogen) atoms. The van der Waals surface area contributed by atoms with E-state index >= 15 is 0 Å². The maximum atomic E-state index is 5.36. The van der Waals surface area contributed by atoms with Gasteiger partial charge in [-0.25, -0.2) is 0 Å². The number of aromatic amines is 1. The predicted molar refractivity (Wildman–Crippen MR) is 86.0 cm³/mol. The van der Waals surface area contributed by atoms with Crippen LogP contribution in [0.3, 0.4) is 0 Å². The number of rotatable bonds is 5. The highest BCUT2D eigenvalue weighted by molar-refractivity contribution is 5.47. The summed E-state index contributed by atoms with van der Waals surface area (Å²) in [7, 11) is 0. The van der Waals surface area contributed by atoms with Gasteiger partial charge in [-0.2, -0.15) is 10.1 Å². The van der Waals surface area contributed by atoms with Crippen molar-refractivity contribution in [3.8, 4) is 11.6 Å². The summed E-state index contributed by atoms with van der Waals surface area (Å²) in [5, 5.41) is 14.8. The van der Waals surface area contributed by atoms with E-state index in [1.54, 1.807) is 0 Å². The van der Waals surface area contributed by atoms with Crippen molar-refractivity contribution < 1.29 is 4.52 Å². The van der Waals surface area contributed by atoms with Crippen LogP contribution in [0.15, 0.2) is 40.9 Å². The maximum Gasteiger partial charge on any atom is 0.278 e. The summed E-state index contributed by atoms with van der Waals surface area (Å²) in [5.41, 5.74) is 3.13. The molecule has 1 aliphatic rings. The smallest absolute Gasteiger partial charge is 0.278 e. The van der Waals surface area contributed by atoms with E-state index in [1.165, 1.54) is 5.56 Å². The van der Waals surface area contributed by atoms with Crippen molar-refractivity contribution in [1.82, 2.24) is 25.7 Å². The number of nitrogens with zero attached hydrogens (tertiary/aromatic N) is 3. The normalized spacial score (nSPS) is 17.7. The molecule has 1 saturated heterocycles. The SMILES string of the molecule is c1ccc(CCc2noc(-c3cc(C4CCNC4)[nH]n3)n2)cc1. The summed E-state index contributed by atoms with van der Waals surface area (Å²) in [6.45, 7) is 2.05. The molecule has 6 nitrogen and oxygen atoms in total. The molecule has 1 aromatic carbocycles. The first-order chi connectivity index (χ1) is 11.4. The third-order valence-corrected chi connectivity index (χ3v) is 4.27. The number of hydrogen-bond donors (Lipinski definition) is 2.